The number of hydrogen-bond acceptors (Lipinski definition) is 3. The first kappa shape index (κ1) is 8.97. The Morgan fingerprint density at radius 3 is 2.38 bits per heavy atom. The maximum absolute atomic E-state index is 10.7. The van der Waals surface area contributed by atoms with Gasteiger partial charge in [-0.05, 0) is 25.9 Å². The predicted molar refractivity (Wildman–Crippen MR) is 46.6 cm³/mol. The molecule has 0 aromatic rings. The summed E-state index contributed by atoms with van der Waals surface area (Å²) in [4.78, 5) is 13.0. The van der Waals surface area contributed by atoms with Crippen molar-refractivity contribution >= 4 is 5.97 Å². The second-order valence-corrected chi connectivity index (χ2v) is 3.98. The van der Waals surface area contributed by atoms with Crippen LogP contribution in [0, 0.1) is 0 Å². The Bertz CT molecular complexity index is 207. The van der Waals surface area contributed by atoms with Crippen LogP contribution in [0.1, 0.15) is 19.3 Å². The van der Waals surface area contributed by atoms with Gasteiger partial charge in [-0.15, -0.1) is 0 Å². The molecule has 2 heterocycles. The Balaban J connectivity index is 2.01. The largest absolute Gasteiger partial charge is 0.481 e. The average molecular weight is 185 g/mol. The molecule has 2 fully saturated rings. The molecule has 0 amide bonds. The van der Waals surface area contributed by atoms with Gasteiger partial charge in [0, 0.05) is 0 Å². The topological polar surface area (TPSA) is 49.8 Å². The van der Waals surface area contributed by atoms with Crippen molar-refractivity contribution < 1.29 is 14.6 Å². The van der Waals surface area contributed by atoms with E-state index in [1.54, 1.807) is 0 Å². The number of rotatable bonds is 3. The molecule has 0 aromatic heterocycles. The van der Waals surface area contributed by atoms with Crippen LogP contribution in [0.3, 0.4) is 0 Å². The lowest BCUT2D eigenvalue weighted by molar-refractivity contribution is -0.162. The molecule has 0 bridgehead atoms. The quantitative estimate of drug-likeness (QED) is 0.688. The van der Waals surface area contributed by atoms with Crippen molar-refractivity contribution in [2.75, 3.05) is 26.3 Å². The van der Waals surface area contributed by atoms with Gasteiger partial charge in [-0.3, -0.25) is 9.69 Å². The van der Waals surface area contributed by atoms with E-state index < -0.39 is 5.97 Å². The highest BCUT2D eigenvalue weighted by atomic mass is 16.5. The van der Waals surface area contributed by atoms with Gasteiger partial charge >= 0.3 is 5.97 Å². The second-order valence-electron chi connectivity index (χ2n) is 3.98. The minimum Gasteiger partial charge on any atom is -0.481 e. The van der Waals surface area contributed by atoms with Crippen molar-refractivity contribution in [1.29, 1.82) is 0 Å². The van der Waals surface area contributed by atoms with Gasteiger partial charge in [-0.1, -0.05) is 0 Å². The monoisotopic (exact) mass is 185 g/mol. The molecule has 2 rings (SSSR count). The van der Waals surface area contributed by atoms with Crippen molar-refractivity contribution in [2.45, 2.75) is 24.8 Å². The van der Waals surface area contributed by atoms with Crippen molar-refractivity contribution in [3.05, 3.63) is 0 Å². The van der Waals surface area contributed by atoms with Crippen LogP contribution < -0.4 is 0 Å². The van der Waals surface area contributed by atoms with Gasteiger partial charge in [0.15, 0.2) is 0 Å². The number of ether oxygens (including phenoxy) is 1. The zero-order valence-corrected chi connectivity index (χ0v) is 7.66. The maximum atomic E-state index is 10.7. The van der Waals surface area contributed by atoms with Crippen molar-refractivity contribution in [3.8, 4) is 0 Å². The SMILES string of the molecule is O=C(O)CC1(N2CCCC2)COC1. The fourth-order valence-electron chi connectivity index (χ4n) is 2.21. The highest BCUT2D eigenvalue weighted by molar-refractivity contribution is 5.68. The third-order valence-corrected chi connectivity index (χ3v) is 3.00. The standard InChI is InChI=1S/C9H15NO3/c11-8(12)5-9(6-13-7-9)10-3-1-2-4-10/h1-7H2,(H,11,12). The lowest BCUT2D eigenvalue weighted by atomic mass is 9.91. The molecule has 13 heavy (non-hydrogen) atoms. The number of likely N-dealkylation sites (tertiary alicyclic amines) is 1. The molecular weight excluding hydrogens is 170 g/mol. The number of hydrogen-bond donors (Lipinski definition) is 1. The minimum absolute atomic E-state index is 0.164. The molecule has 4 heteroatoms. The Morgan fingerprint density at radius 2 is 2.00 bits per heavy atom. The highest BCUT2D eigenvalue weighted by Crippen LogP contribution is 2.31. The van der Waals surface area contributed by atoms with E-state index in [2.05, 4.69) is 4.90 Å². The molecule has 74 valence electrons. The summed E-state index contributed by atoms with van der Waals surface area (Å²) in [6.45, 7) is 3.27. The fraction of sp³-hybridized carbons (Fsp3) is 0.889. The molecule has 2 saturated heterocycles. The fourth-order valence-corrected chi connectivity index (χ4v) is 2.21. The molecule has 0 atom stereocenters. The number of carboxylic acid groups (broad SMARTS) is 1. The van der Waals surface area contributed by atoms with Gasteiger partial charge in [0.2, 0.25) is 0 Å². The first-order valence-electron chi connectivity index (χ1n) is 4.78. The van der Waals surface area contributed by atoms with Gasteiger partial charge in [0.25, 0.3) is 0 Å². The second kappa shape index (κ2) is 3.27. The van der Waals surface area contributed by atoms with Crippen LogP contribution in [0.2, 0.25) is 0 Å². The van der Waals surface area contributed by atoms with E-state index in [1.807, 2.05) is 0 Å². The molecule has 0 saturated carbocycles. The molecule has 0 radical (unpaired) electrons. The van der Waals surface area contributed by atoms with Crippen LogP contribution in [0.25, 0.3) is 0 Å². The molecule has 0 aromatic carbocycles. The Hall–Kier alpha value is -0.610. The Kier molecular flexibility index (Phi) is 2.26. The molecule has 1 N–H and O–H groups in total. The zero-order chi connectivity index (χ0) is 9.31. The van der Waals surface area contributed by atoms with Gasteiger partial charge in [0.1, 0.15) is 0 Å². The normalized spacial score (nSPS) is 27.1. The molecule has 0 spiro atoms. The summed E-state index contributed by atoms with van der Waals surface area (Å²) in [5, 5.41) is 8.79. The van der Waals surface area contributed by atoms with Crippen molar-refractivity contribution in [1.82, 2.24) is 4.90 Å². The van der Waals surface area contributed by atoms with Crippen LogP contribution in [-0.4, -0.2) is 47.8 Å². The number of nitrogens with zero attached hydrogens (tertiary/aromatic N) is 1. The van der Waals surface area contributed by atoms with Crippen LogP contribution >= 0.6 is 0 Å². The van der Waals surface area contributed by atoms with E-state index in [1.165, 1.54) is 12.8 Å². The van der Waals surface area contributed by atoms with Crippen LogP contribution in [0.4, 0.5) is 0 Å². The molecule has 4 nitrogen and oxygen atoms in total. The first-order chi connectivity index (χ1) is 6.23. The van der Waals surface area contributed by atoms with Crippen molar-refractivity contribution in [3.63, 3.8) is 0 Å². The lowest BCUT2D eigenvalue weighted by Crippen LogP contribution is -2.62. The minimum atomic E-state index is -0.713. The summed E-state index contributed by atoms with van der Waals surface area (Å²) < 4.78 is 5.15. The lowest BCUT2D eigenvalue weighted by Gasteiger charge is -2.47. The van der Waals surface area contributed by atoms with E-state index in [0.717, 1.165) is 13.1 Å². The smallest absolute Gasteiger partial charge is 0.305 e. The molecular formula is C9H15NO3. The van der Waals surface area contributed by atoms with E-state index >= 15 is 0 Å². The van der Waals surface area contributed by atoms with Crippen molar-refractivity contribution in [2.24, 2.45) is 0 Å². The summed E-state index contributed by atoms with van der Waals surface area (Å²) in [6.07, 6.45) is 2.62. The highest BCUT2D eigenvalue weighted by Gasteiger charge is 2.46. The van der Waals surface area contributed by atoms with Gasteiger partial charge < -0.3 is 9.84 Å². The van der Waals surface area contributed by atoms with Crippen LogP contribution in [0.15, 0.2) is 0 Å². The van der Waals surface area contributed by atoms with E-state index in [9.17, 15) is 4.79 Å². The maximum Gasteiger partial charge on any atom is 0.305 e. The van der Waals surface area contributed by atoms with Gasteiger partial charge in [-0.25, -0.2) is 0 Å². The summed E-state index contributed by atoms with van der Waals surface area (Å²) in [5.74, 6) is -0.713. The molecule has 2 aliphatic heterocycles. The van der Waals surface area contributed by atoms with E-state index in [4.69, 9.17) is 9.84 Å². The Labute approximate surface area is 77.5 Å². The first-order valence-corrected chi connectivity index (χ1v) is 4.78. The summed E-state index contributed by atoms with van der Waals surface area (Å²) >= 11 is 0. The molecule has 0 aliphatic carbocycles. The van der Waals surface area contributed by atoms with Gasteiger partial charge in [-0.2, -0.15) is 0 Å². The van der Waals surface area contributed by atoms with Crippen LogP contribution in [-0.2, 0) is 9.53 Å². The summed E-state index contributed by atoms with van der Waals surface area (Å²) in [6, 6.07) is 0. The number of carboxylic acids is 1. The Morgan fingerprint density at radius 1 is 1.38 bits per heavy atom. The molecule has 0 unspecified atom stereocenters. The van der Waals surface area contributed by atoms with Gasteiger partial charge in [0.05, 0.1) is 25.2 Å². The third kappa shape index (κ3) is 1.56. The molecule has 2 aliphatic rings. The van der Waals surface area contributed by atoms with E-state index in [-0.39, 0.29) is 12.0 Å². The van der Waals surface area contributed by atoms with Crippen LogP contribution in [0.5, 0.6) is 0 Å². The predicted octanol–water partition coefficient (Wildman–Crippen LogP) is 0.326. The summed E-state index contributed by atoms with van der Waals surface area (Å²) in [7, 11) is 0. The third-order valence-electron chi connectivity index (χ3n) is 3.00. The summed E-state index contributed by atoms with van der Waals surface area (Å²) in [5.41, 5.74) is -0.164. The average Bonchev–Trinajstić information content (AvgIpc) is 2.48. The zero-order valence-electron chi connectivity index (χ0n) is 7.66. The van der Waals surface area contributed by atoms with E-state index in [0.29, 0.717) is 13.2 Å². The number of aliphatic carboxylic acids is 1. The number of carbonyl (C=O) groups is 1.